The highest BCUT2D eigenvalue weighted by atomic mass is 35.5. The molecule has 7 nitrogen and oxygen atoms in total. The van der Waals surface area contributed by atoms with Crippen molar-refractivity contribution in [3.05, 3.63) is 65.2 Å². The Bertz CT molecular complexity index is 1050. The lowest BCUT2D eigenvalue weighted by Crippen LogP contribution is -2.53. The number of amides is 2. The van der Waals surface area contributed by atoms with Crippen molar-refractivity contribution < 1.29 is 18.0 Å². The van der Waals surface area contributed by atoms with Crippen LogP contribution >= 0.6 is 11.6 Å². The summed E-state index contributed by atoms with van der Waals surface area (Å²) in [6, 6.07) is 15.3. The van der Waals surface area contributed by atoms with E-state index in [1.807, 2.05) is 35.2 Å². The average Bonchev–Trinajstić information content (AvgIpc) is 3.07. The summed E-state index contributed by atoms with van der Waals surface area (Å²) in [5, 5.41) is 0.477. The Balaban J connectivity index is 1.36. The van der Waals surface area contributed by atoms with Gasteiger partial charge in [0.2, 0.25) is 21.8 Å². The molecule has 2 fully saturated rings. The van der Waals surface area contributed by atoms with Gasteiger partial charge in [0.15, 0.2) is 0 Å². The largest absolute Gasteiger partial charge is 0.289 e. The topological polar surface area (TPSA) is 78.0 Å². The number of carbonyl (C=O) groups is 2. The van der Waals surface area contributed by atoms with Crippen LogP contribution in [0.25, 0.3) is 0 Å². The molecule has 2 aliphatic heterocycles. The molecule has 2 heterocycles. The Labute approximate surface area is 187 Å². The molecular weight excluding hydrogens is 438 g/mol. The molecule has 0 unspecified atom stereocenters. The third-order valence-electron chi connectivity index (χ3n) is 5.85. The molecule has 0 bridgehead atoms. The van der Waals surface area contributed by atoms with Crippen LogP contribution in [-0.2, 0) is 26.0 Å². The Morgan fingerprint density at radius 1 is 0.903 bits per heavy atom. The van der Waals surface area contributed by atoms with Gasteiger partial charge in [-0.25, -0.2) is 8.42 Å². The Morgan fingerprint density at radius 3 is 2.19 bits per heavy atom. The highest BCUT2D eigenvalue weighted by molar-refractivity contribution is 7.89. The molecule has 31 heavy (non-hydrogen) atoms. The predicted molar refractivity (Wildman–Crippen MR) is 117 cm³/mol. The van der Waals surface area contributed by atoms with Gasteiger partial charge in [-0.2, -0.15) is 4.31 Å². The highest BCUT2D eigenvalue weighted by Gasteiger charge is 2.43. The second-order valence-corrected chi connectivity index (χ2v) is 10.1. The molecule has 2 amide bonds. The van der Waals surface area contributed by atoms with Crippen LogP contribution in [0, 0.1) is 0 Å². The van der Waals surface area contributed by atoms with Crippen LogP contribution in [0.15, 0.2) is 59.5 Å². The third kappa shape index (κ3) is 4.67. The van der Waals surface area contributed by atoms with E-state index in [1.54, 1.807) is 12.1 Å². The van der Waals surface area contributed by atoms with Crippen molar-refractivity contribution in [2.45, 2.75) is 23.8 Å². The van der Waals surface area contributed by atoms with Gasteiger partial charge in [-0.3, -0.25) is 19.4 Å². The molecule has 0 aliphatic carbocycles. The maximum atomic E-state index is 12.9. The van der Waals surface area contributed by atoms with Crippen molar-refractivity contribution in [3.8, 4) is 0 Å². The molecule has 0 saturated carbocycles. The zero-order chi connectivity index (χ0) is 22.0. The Kier molecular flexibility index (Phi) is 6.43. The molecule has 1 atom stereocenters. The first-order chi connectivity index (χ1) is 14.9. The van der Waals surface area contributed by atoms with E-state index in [2.05, 4.69) is 0 Å². The summed E-state index contributed by atoms with van der Waals surface area (Å²) in [7, 11) is -3.61. The van der Waals surface area contributed by atoms with Crippen molar-refractivity contribution in [2.75, 3.05) is 32.7 Å². The number of carbonyl (C=O) groups excluding carboxylic acids is 2. The molecule has 2 aromatic rings. The highest BCUT2D eigenvalue weighted by Crippen LogP contribution is 2.24. The molecule has 164 valence electrons. The van der Waals surface area contributed by atoms with Crippen LogP contribution in [0.3, 0.4) is 0 Å². The van der Waals surface area contributed by atoms with E-state index >= 15 is 0 Å². The standard InChI is InChI=1S/C22H24ClN3O4S/c23-18-6-8-19(9-7-18)31(29,30)25-14-12-24(13-15-25)20-16-21(27)26(22(20)28)11-10-17-4-2-1-3-5-17/h1-9,20H,10-16H2/t20-/m0/s1. The monoisotopic (exact) mass is 461 g/mol. The van der Waals surface area contributed by atoms with Crippen molar-refractivity contribution in [1.29, 1.82) is 0 Å². The summed E-state index contributed by atoms with van der Waals surface area (Å²) in [4.78, 5) is 28.8. The normalized spacial score (nSPS) is 21.1. The first-order valence-electron chi connectivity index (χ1n) is 10.2. The smallest absolute Gasteiger partial charge is 0.247 e. The first kappa shape index (κ1) is 22.0. The van der Waals surface area contributed by atoms with Gasteiger partial charge in [0.1, 0.15) is 0 Å². The van der Waals surface area contributed by atoms with E-state index in [4.69, 9.17) is 11.6 Å². The minimum absolute atomic E-state index is 0.150. The molecule has 9 heteroatoms. The molecule has 0 aromatic heterocycles. The number of likely N-dealkylation sites (tertiary alicyclic amines) is 1. The summed E-state index contributed by atoms with van der Waals surface area (Å²) in [6.45, 7) is 1.72. The summed E-state index contributed by atoms with van der Waals surface area (Å²) < 4.78 is 27.1. The molecule has 0 radical (unpaired) electrons. The fourth-order valence-electron chi connectivity index (χ4n) is 4.08. The SMILES string of the molecule is O=C1C[C@H](N2CCN(S(=O)(=O)c3ccc(Cl)cc3)CC2)C(=O)N1CCc1ccccc1. The molecule has 4 rings (SSSR count). The third-order valence-corrected chi connectivity index (χ3v) is 8.02. The maximum absolute atomic E-state index is 12.9. The molecule has 0 spiro atoms. The van der Waals surface area contributed by atoms with Crippen LogP contribution in [0.2, 0.25) is 5.02 Å². The quantitative estimate of drug-likeness (QED) is 0.615. The van der Waals surface area contributed by atoms with E-state index in [1.165, 1.54) is 21.3 Å². The van der Waals surface area contributed by atoms with Gasteiger partial charge in [0, 0.05) is 37.7 Å². The van der Waals surface area contributed by atoms with Crippen molar-refractivity contribution in [2.24, 2.45) is 0 Å². The van der Waals surface area contributed by atoms with Gasteiger partial charge >= 0.3 is 0 Å². The van der Waals surface area contributed by atoms with Gasteiger partial charge in [0.25, 0.3) is 0 Å². The van der Waals surface area contributed by atoms with Crippen molar-refractivity contribution in [3.63, 3.8) is 0 Å². The summed E-state index contributed by atoms with van der Waals surface area (Å²) >= 11 is 5.86. The van der Waals surface area contributed by atoms with Crippen LogP contribution < -0.4 is 0 Å². The Hall–Kier alpha value is -2.26. The number of nitrogens with zero attached hydrogens (tertiary/aromatic N) is 3. The molecular formula is C22H24ClN3O4S. The lowest BCUT2D eigenvalue weighted by atomic mass is 10.1. The zero-order valence-electron chi connectivity index (χ0n) is 17.0. The van der Waals surface area contributed by atoms with Gasteiger partial charge in [-0.05, 0) is 36.2 Å². The molecule has 2 aliphatic rings. The van der Waals surface area contributed by atoms with E-state index < -0.39 is 16.1 Å². The van der Waals surface area contributed by atoms with E-state index in [-0.39, 0.29) is 36.2 Å². The Morgan fingerprint density at radius 2 is 1.55 bits per heavy atom. The van der Waals surface area contributed by atoms with Crippen LogP contribution in [0.1, 0.15) is 12.0 Å². The number of hydrogen-bond acceptors (Lipinski definition) is 5. The van der Waals surface area contributed by atoms with Crippen molar-refractivity contribution >= 4 is 33.4 Å². The fraction of sp³-hybridized carbons (Fsp3) is 0.364. The number of sulfonamides is 1. The minimum Gasteiger partial charge on any atom is -0.289 e. The summed E-state index contributed by atoms with van der Waals surface area (Å²) in [5.74, 6) is -0.350. The number of piperazine rings is 1. The number of imide groups is 1. The summed E-state index contributed by atoms with van der Waals surface area (Å²) in [6.07, 6.45) is 0.774. The number of benzene rings is 2. The zero-order valence-corrected chi connectivity index (χ0v) is 18.6. The second-order valence-electron chi connectivity index (χ2n) is 7.73. The van der Waals surface area contributed by atoms with E-state index in [9.17, 15) is 18.0 Å². The second kappa shape index (κ2) is 9.08. The van der Waals surface area contributed by atoms with Gasteiger partial charge in [0.05, 0.1) is 17.4 Å². The van der Waals surface area contributed by atoms with Crippen LogP contribution in [0.4, 0.5) is 0 Å². The van der Waals surface area contributed by atoms with E-state index in [0.717, 1.165) is 5.56 Å². The molecule has 2 aromatic carbocycles. The summed E-state index contributed by atoms with van der Waals surface area (Å²) in [5.41, 5.74) is 1.08. The number of halogens is 1. The predicted octanol–water partition coefficient (Wildman–Crippen LogP) is 2.02. The minimum atomic E-state index is -3.61. The lowest BCUT2D eigenvalue weighted by Gasteiger charge is -2.36. The van der Waals surface area contributed by atoms with Gasteiger partial charge in [-0.15, -0.1) is 0 Å². The van der Waals surface area contributed by atoms with Crippen LogP contribution in [-0.4, -0.2) is 73.1 Å². The molecule has 0 N–H and O–H groups in total. The van der Waals surface area contributed by atoms with Gasteiger partial charge in [-0.1, -0.05) is 41.9 Å². The average molecular weight is 462 g/mol. The first-order valence-corrected chi connectivity index (χ1v) is 12.1. The fourth-order valence-corrected chi connectivity index (χ4v) is 5.63. The van der Waals surface area contributed by atoms with E-state index in [0.29, 0.717) is 31.1 Å². The van der Waals surface area contributed by atoms with Crippen LogP contribution in [0.5, 0.6) is 0 Å². The lowest BCUT2D eigenvalue weighted by molar-refractivity contribution is -0.139. The van der Waals surface area contributed by atoms with Crippen molar-refractivity contribution in [1.82, 2.24) is 14.1 Å². The number of hydrogen-bond donors (Lipinski definition) is 0. The number of rotatable bonds is 6. The molecule has 2 saturated heterocycles. The van der Waals surface area contributed by atoms with Gasteiger partial charge < -0.3 is 0 Å². The maximum Gasteiger partial charge on any atom is 0.247 e.